The largest absolute Gasteiger partial charge is 0.507 e. The summed E-state index contributed by atoms with van der Waals surface area (Å²) >= 11 is 0. The molecular formula is C22H28N2O4. The Morgan fingerprint density at radius 1 is 0.500 bits per heavy atom. The molecule has 0 bridgehead atoms. The molecule has 2 rings (SSSR count). The molecule has 0 atom stereocenters. The summed E-state index contributed by atoms with van der Waals surface area (Å²) in [5.41, 5.74) is 4.73. The molecule has 28 heavy (non-hydrogen) atoms. The summed E-state index contributed by atoms with van der Waals surface area (Å²) in [6, 6.07) is 0. The number of hydrogen-bond donors (Lipinski definition) is 4. The summed E-state index contributed by atoms with van der Waals surface area (Å²) in [6.45, 7) is 11.2. The summed E-state index contributed by atoms with van der Waals surface area (Å²) in [5.74, 6) is 0.558. The van der Waals surface area contributed by atoms with Crippen molar-refractivity contribution in [2.24, 2.45) is 9.98 Å². The molecule has 0 fully saturated rings. The van der Waals surface area contributed by atoms with Crippen molar-refractivity contribution in [3.05, 3.63) is 44.5 Å². The zero-order chi connectivity index (χ0) is 21.2. The minimum Gasteiger partial charge on any atom is -0.507 e. The van der Waals surface area contributed by atoms with Gasteiger partial charge in [-0.25, -0.2) is 0 Å². The molecule has 0 aliphatic rings. The van der Waals surface area contributed by atoms with E-state index in [0.717, 1.165) is 0 Å². The van der Waals surface area contributed by atoms with Crippen molar-refractivity contribution in [3.8, 4) is 23.0 Å². The Kier molecular flexibility index (Phi) is 6.33. The minimum atomic E-state index is 0.117. The van der Waals surface area contributed by atoms with Gasteiger partial charge in [0.15, 0.2) is 0 Å². The predicted octanol–water partition coefficient (Wildman–Crippen LogP) is 3.90. The zero-order valence-electron chi connectivity index (χ0n) is 17.3. The number of aromatic hydroxyl groups is 4. The highest BCUT2D eigenvalue weighted by Crippen LogP contribution is 2.36. The van der Waals surface area contributed by atoms with Crippen LogP contribution in [0.15, 0.2) is 9.98 Å². The van der Waals surface area contributed by atoms with Crippen molar-refractivity contribution < 1.29 is 20.4 Å². The second kappa shape index (κ2) is 8.33. The highest BCUT2D eigenvalue weighted by Gasteiger charge is 2.15. The number of rotatable bonds is 5. The van der Waals surface area contributed by atoms with Crippen LogP contribution < -0.4 is 0 Å². The van der Waals surface area contributed by atoms with E-state index < -0.39 is 0 Å². The van der Waals surface area contributed by atoms with Crippen molar-refractivity contribution in [1.29, 1.82) is 0 Å². The molecule has 0 aliphatic heterocycles. The van der Waals surface area contributed by atoms with Gasteiger partial charge in [0.25, 0.3) is 0 Å². The molecule has 0 radical (unpaired) electrons. The van der Waals surface area contributed by atoms with Crippen LogP contribution in [0.1, 0.15) is 44.5 Å². The molecule has 0 amide bonds. The normalized spacial score (nSPS) is 11.8. The fraction of sp³-hybridized carbons (Fsp3) is 0.364. The molecule has 6 heteroatoms. The van der Waals surface area contributed by atoms with E-state index in [2.05, 4.69) is 9.98 Å². The number of hydrogen-bond acceptors (Lipinski definition) is 6. The zero-order valence-corrected chi connectivity index (χ0v) is 17.3. The summed E-state index contributed by atoms with van der Waals surface area (Å²) in [4.78, 5) is 8.56. The molecular weight excluding hydrogens is 356 g/mol. The monoisotopic (exact) mass is 384 g/mol. The molecule has 0 spiro atoms. The molecule has 6 nitrogen and oxygen atoms in total. The quantitative estimate of drug-likeness (QED) is 0.356. The lowest BCUT2D eigenvalue weighted by Crippen LogP contribution is -1.98. The van der Waals surface area contributed by atoms with Crippen molar-refractivity contribution in [1.82, 2.24) is 0 Å². The lowest BCUT2D eigenvalue weighted by molar-refractivity contribution is 0.449. The van der Waals surface area contributed by atoms with Gasteiger partial charge in [0.2, 0.25) is 0 Å². The van der Waals surface area contributed by atoms with Crippen molar-refractivity contribution >= 4 is 12.4 Å². The first-order valence-electron chi connectivity index (χ1n) is 9.12. The smallest absolute Gasteiger partial charge is 0.128 e. The molecule has 0 aromatic heterocycles. The number of nitrogens with zero attached hydrogens (tertiary/aromatic N) is 2. The van der Waals surface area contributed by atoms with E-state index >= 15 is 0 Å². The van der Waals surface area contributed by atoms with Crippen LogP contribution >= 0.6 is 0 Å². The summed E-state index contributed by atoms with van der Waals surface area (Å²) in [7, 11) is 0. The number of phenolic OH excluding ortho intramolecular Hbond substituents is 4. The Bertz CT molecular complexity index is 838. The Labute approximate surface area is 165 Å². The third-order valence-corrected chi connectivity index (χ3v) is 5.37. The van der Waals surface area contributed by atoms with E-state index in [1.807, 2.05) is 0 Å². The van der Waals surface area contributed by atoms with E-state index in [1.165, 1.54) is 12.4 Å². The topological polar surface area (TPSA) is 106 Å². The lowest BCUT2D eigenvalue weighted by atomic mass is 9.98. The number of benzene rings is 2. The van der Waals surface area contributed by atoms with Gasteiger partial charge in [0.05, 0.1) is 13.1 Å². The van der Waals surface area contributed by atoms with Crippen LogP contribution in [0.5, 0.6) is 23.0 Å². The van der Waals surface area contributed by atoms with E-state index in [-0.39, 0.29) is 23.0 Å². The highest BCUT2D eigenvalue weighted by molar-refractivity contribution is 5.89. The molecule has 0 saturated heterocycles. The van der Waals surface area contributed by atoms with E-state index in [0.29, 0.717) is 57.6 Å². The Morgan fingerprint density at radius 3 is 1.11 bits per heavy atom. The van der Waals surface area contributed by atoms with Gasteiger partial charge >= 0.3 is 0 Å². The molecule has 150 valence electrons. The van der Waals surface area contributed by atoms with E-state index in [4.69, 9.17) is 0 Å². The molecule has 4 N–H and O–H groups in total. The van der Waals surface area contributed by atoms with Crippen LogP contribution in [-0.2, 0) is 0 Å². The summed E-state index contributed by atoms with van der Waals surface area (Å²) < 4.78 is 0. The highest BCUT2D eigenvalue weighted by atomic mass is 16.3. The van der Waals surface area contributed by atoms with Gasteiger partial charge in [-0.3, -0.25) is 9.98 Å². The van der Waals surface area contributed by atoms with Gasteiger partial charge in [-0.15, -0.1) is 0 Å². The molecule has 0 saturated carbocycles. The third-order valence-electron chi connectivity index (χ3n) is 5.37. The Balaban J connectivity index is 2.13. The predicted molar refractivity (Wildman–Crippen MR) is 113 cm³/mol. The standard InChI is InChI=1S/C22H28N2O4/c1-11-13(3)21(27)17(15(5)19(11)25)9-23-7-8-24-10-18-16(6)20(26)12(2)14(4)22(18)28/h9-10,25-28H,7-8H2,1-6H3. The summed E-state index contributed by atoms with van der Waals surface area (Å²) in [5, 5.41) is 40.8. The van der Waals surface area contributed by atoms with Crippen molar-refractivity contribution in [2.45, 2.75) is 41.5 Å². The van der Waals surface area contributed by atoms with Crippen molar-refractivity contribution in [3.63, 3.8) is 0 Å². The molecule has 0 aliphatic carbocycles. The SMILES string of the molecule is Cc1c(C)c(O)c(C=NCCN=Cc2c(C)c(O)c(C)c(C)c2O)c(C)c1O. The second-order valence-corrected chi connectivity index (χ2v) is 7.04. The Morgan fingerprint density at radius 2 is 0.786 bits per heavy atom. The maximum absolute atomic E-state index is 10.3. The van der Waals surface area contributed by atoms with Crippen LogP contribution in [0.4, 0.5) is 0 Å². The fourth-order valence-corrected chi connectivity index (χ4v) is 3.03. The van der Waals surface area contributed by atoms with Gasteiger partial charge in [0, 0.05) is 34.7 Å². The van der Waals surface area contributed by atoms with Crippen LogP contribution in [0.3, 0.4) is 0 Å². The van der Waals surface area contributed by atoms with Gasteiger partial charge < -0.3 is 20.4 Å². The molecule has 0 heterocycles. The van der Waals surface area contributed by atoms with E-state index in [1.54, 1.807) is 41.5 Å². The third kappa shape index (κ3) is 3.81. The van der Waals surface area contributed by atoms with Crippen LogP contribution in [0, 0.1) is 41.5 Å². The average Bonchev–Trinajstić information content (AvgIpc) is 2.68. The molecule has 2 aromatic carbocycles. The molecule has 0 unspecified atom stereocenters. The number of aliphatic imine (C=N–C) groups is 2. The van der Waals surface area contributed by atoms with Crippen LogP contribution in [0.25, 0.3) is 0 Å². The summed E-state index contributed by atoms with van der Waals surface area (Å²) in [6.07, 6.45) is 3.08. The average molecular weight is 384 g/mol. The fourth-order valence-electron chi connectivity index (χ4n) is 3.03. The van der Waals surface area contributed by atoms with Gasteiger partial charge in [0.1, 0.15) is 23.0 Å². The van der Waals surface area contributed by atoms with Crippen LogP contribution in [-0.4, -0.2) is 45.9 Å². The van der Waals surface area contributed by atoms with Gasteiger partial charge in [-0.1, -0.05) is 0 Å². The maximum atomic E-state index is 10.3. The van der Waals surface area contributed by atoms with Gasteiger partial charge in [-0.05, 0) is 63.8 Å². The first-order valence-corrected chi connectivity index (χ1v) is 9.12. The molecule has 2 aromatic rings. The van der Waals surface area contributed by atoms with Crippen molar-refractivity contribution in [2.75, 3.05) is 13.1 Å². The number of phenols is 4. The van der Waals surface area contributed by atoms with Gasteiger partial charge in [-0.2, -0.15) is 0 Å². The minimum absolute atomic E-state index is 0.117. The lowest BCUT2D eigenvalue weighted by Gasteiger charge is -2.13. The maximum Gasteiger partial charge on any atom is 0.128 e. The van der Waals surface area contributed by atoms with E-state index in [9.17, 15) is 20.4 Å². The first-order chi connectivity index (χ1) is 13.1. The Hall–Kier alpha value is -3.02. The second-order valence-electron chi connectivity index (χ2n) is 7.04. The van der Waals surface area contributed by atoms with Crippen LogP contribution in [0.2, 0.25) is 0 Å². The first kappa shape index (κ1) is 21.3.